The molecule has 0 aliphatic heterocycles. The quantitative estimate of drug-likeness (QED) is 0.553. The molecule has 0 radical (unpaired) electrons. The molecule has 4 aromatic rings. The maximum atomic E-state index is 13.3. The Kier molecular flexibility index (Phi) is 4.46. The number of thiophene rings is 1. The molecule has 0 aliphatic carbocycles. The van der Waals surface area contributed by atoms with E-state index in [1.807, 2.05) is 42.5 Å². The van der Waals surface area contributed by atoms with Crippen LogP contribution >= 0.6 is 11.3 Å². The number of aromatic nitrogens is 1. The van der Waals surface area contributed by atoms with Gasteiger partial charge in [-0.05, 0) is 35.4 Å². The molecule has 128 valence electrons. The standard InChI is InChI=1S/C21H15FN2OS/c22-16-10-8-15(9-11-16)18-17-7-4-12-23-21(17)26-19(18)20(25)24-13-14-5-2-1-3-6-14/h1-12H,13H2,(H,24,25). The van der Waals surface area contributed by atoms with Gasteiger partial charge in [0.25, 0.3) is 5.91 Å². The molecule has 2 aromatic carbocycles. The number of hydrogen-bond donors (Lipinski definition) is 1. The fraction of sp³-hybridized carbons (Fsp3) is 0.0476. The highest BCUT2D eigenvalue weighted by Gasteiger charge is 2.20. The van der Waals surface area contributed by atoms with Crippen molar-refractivity contribution in [3.63, 3.8) is 0 Å². The van der Waals surface area contributed by atoms with Gasteiger partial charge in [0.05, 0.1) is 0 Å². The molecule has 2 heterocycles. The average Bonchev–Trinajstić information content (AvgIpc) is 3.07. The minimum atomic E-state index is -0.304. The maximum Gasteiger partial charge on any atom is 0.262 e. The number of carbonyl (C=O) groups excluding carboxylic acids is 1. The Labute approximate surface area is 154 Å². The fourth-order valence-electron chi connectivity index (χ4n) is 2.85. The fourth-order valence-corrected chi connectivity index (χ4v) is 3.94. The number of carbonyl (C=O) groups is 1. The van der Waals surface area contributed by atoms with Crippen LogP contribution in [-0.2, 0) is 6.54 Å². The lowest BCUT2D eigenvalue weighted by Crippen LogP contribution is -2.22. The first kappa shape index (κ1) is 16.4. The number of hydrogen-bond acceptors (Lipinski definition) is 3. The molecule has 0 fully saturated rings. The van der Waals surface area contributed by atoms with Crippen molar-refractivity contribution in [2.75, 3.05) is 0 Å². The topological polar surface area (TPSA) is 42.0 Å². The second kappa shape index (κ2) is 7.06. The van der Waals surface area contributed by atoms with Crippen LogP contribution in [0.1, 0.15) is 15.2 Å². The van der Waals surface area contributed by atoms with Crippen LogP contribution in [0.5, 0.6) is 0 Å². The van der Waals surface area contributed by atoms with Crippen molar-refractivity contribution in [2.45, 2.75) is 6.54 Å². The van der Waals surface area contributed by atoms with Crippen molar-refractivity contribution in [3.8, 4) is 11.1 Å². The number of nitrogens with one attached hydrogen (secondary N) is 1. The third kappa shape index (κ3) is 3.21. The van der Waals surface area contributed by atoms with E-state index in [1.165, 1.54) is 23.5 Å². The molecule has 1 N–H and O–H groups in total. The monoisotopic (exact) mass is 362 g/mol. The summed E-state index contributed by atoms with van der Waals surface area (Å²) in [6.45, 7) is 0.449. The molecule has 0 bridgehead atoms. The zero-order valence-electron chi connectivity index (χ0n) is 13.8. The normalized spacial score (nSPS) is 10.8. The highest BCUT2D eigenvalue weighted by molar-refractivity contribution is 7.21. The first-order valence-corrected chi connectivity index (χ1v) is 8.99. The van der Waals surface area contributed by atoms with Gasteiger partial charge in [0.2, 0.25) is 0 Å². The first-order chi connectivity index (χ1) is 12.7. The maximum absolute atomic E-state index is 13.3. The van der Waals surface area contributed by atoms with Crippen molar-refractivity contribution >= 4 is 27.5 Å². The molecule has 0 saturated heterocycles. The average molecular weight is 362 g/mol. The van der Waals surface area contributed by atoms with Gasteiger partial charge >= 0.3 is 0 Å². The van der Waals surface area contributed by atoms with Gasteiger partial charge in [0.15, 0.2) is 0 Å². The summed E-state index contributed by atoms with van der Waals surface area (Å²) in [5.41, 5.74) is 2.63. The Morgan fingerprint density at radius 2 is 1.77 bits per heavy atom. The molecule has 0 atom stereocenters. The summed E-state index contributed by atoms with van der Waals surface area (Å²) >= 11 is 1.35. The molecule has 1 amide bonds. The molecule has 26 heavy (non-hydrogen) atoms. The van der Waals surface area contributed by atoms with Crippen LogP contribution in [0.4, 0.5) is 4.39 Å². The number of rotatable bonds is 4. The lowest BCUT2D eigenvalue weighted by molar-refractivity contribution is 0.0955. The molecule has 0 spiro atoms. The van der Waals surface area contributed by atoms with E-state index in [0.717, 1.165) is 26.9 Å². The van der Waals surface area contributed by atoms with Gasteiger partial charge in [-0.3, -0.25) is 4.79 Å². The predicted molar refractivity (Wildman–Crippen MR) is 103 cm³/mol. The highest BCUT2D eigenvalue weighted by Crippen LogP contribution is 2.37. The molecule has 4 rings (SSSR count). The molecule has 0 saturated carbocycles. The van der Waals surface area contributed by atoms with Gasteiger partial charge in [0.1, 0.15) is 15.5 Å². The van der Waals surface area contributed by atoms with Gasteiger partial charge in [0, 0.05) is 23.7 Å². The van der Waals surface area contributed by atoms with Gasteiger partial charge in [-0.25, -0.2) is 9.37 Å². The number of benzene rings is 2. The van der Waals surface area contributed by atoms with E-state index in [9.17, 15) is 9.18 Å². The Morgan fingerprint density at radius 3 is 2.54 bits per heavy atom. The van der Waals surface area contributed by atoms with Crippen molar-refractivity contribution in [1.82, 2.24) is 10.3 Å². The molecular formula is C21H15FN2OS. The predicted octanol–water partition coefficient (Wildman–Crippen LogP) is 5.03. The Balaban J connectivity index is 1.73. The Hall–Kier alpha value is -3.05. The second-order valence-corrected chi connectivity index (χ2v) is 6.84. The van der Waals surface area contributed by atoms with E-state index in [-0.39, 0.29) is 11.7 Å². The van der Waals surface area contributed by atoms with Gasteiger partial charge < -0.3 is 5.32 Å². The Morgan fingerprint density at radius 1 is 1.00 bits per heavy atom. The summed E-state index contributed by atoms with van der Waals surface area (Å²) < 4.78 is 13.3. The Bertz CT molecular complexity index is 1060. The van der Waals surface area contributed by atoms with Crippen LogP contribution in [0.25, 0.3) is 21.3 Å². The zero-order valence-corrected chi connectivity index (χ0v) is 14.6. The van der Waals surface area contributed by atoms with Crippen LogP contribution < -0.4 is 5.32 Å². The SMILES string of the molecule is O=C(NCc1ccccc1)c1sc2ncccc2c1-c1ccc(F)cc1. The first-order valence-electron chi connectivity index (χ1n) is 8.18. The molecule has 2 aromatic heterocycles. The number of halogens is 1. The molecule has 3 nitrogen and oxygen atoms in total. The van der Waals surface area contributed by atoms with E-state index in [0.29, 0.717) is 11.4 Å². The van der Waals surface area contributed by atoms with E-state index in [4.69, 9.17) is 0 Å². The molecule has 0 unspecified atom stereocenters. The van der Waals surface area contributed by atoms with Crippen molar-refractivity contribution in [2.24, 2.45) is 0 Å². The summed E-state index contributed by atoms with van der Waals surface area (Å²) in [6, 6.07) is 19.7. The van der Waals surface area contributed by atoms with Crippen LogP contribution in [0.3, 0.4) is 0 Å². The van der Waals surface area contributed by atoms with Crippen molar-refractivity contribution < 1.29 is 9.18 Å². The summed E-state index contributed by atoms with van der Waals surface area (Å²) in [7, 11) is 0. The lowest BCUT2D eigenvalue weighted by Gasteiger charge is -2.07. The molecule has 5 heteroatoms. The summed E-state index contributed by atoms with van der Waals surface area (Å²) in [4.78, 5) is 18.6. The van der Waals surface area contributed by atoms with Crippen LogP contribution in [0, 0.1) is 5.82 Å². The summed E-state index contributed by atoms with van der Waals surface area (Å²) in [5, 5.41) is 3.86. The highest BCUT2D eigenvalue weighted by atomic mass is 32.1. The number of pyridine rings is 1. The molecular weight excluding hydrogens is 347 g/mol. The third-order valence-electron chi connectivity index (χ3n) is 4.10. The van der Waals surface area contributed by atoms with E-state index < -0.39 is 0 Å². The second-order valence-electron chi connectivity index (χ2n) is 5.84. The summed E-state index contributed by atoms with van der Waals surface area (Å²) in [6.07, 6.45) is 1.71. The van der Waals surface area contributed by atoms with E-state index >= 15 is 0 Å². The zero-order chi connectivity index (χ0) is 17.9. The van der Waals surface area contributed by atoms with E-state index in [1.54, 1.807) is 18.3 Å². The van der Waals surface area contributed by atoms with E-state index in [2.05, 4.69) is 10.3 Å². The van der Waals surface area contributed by atoms with Gasteiger partial charge in [-0.2, -0.15) is 0 Å². The third-order valence-corrected chi connectivity index (χ3v) is 5.21. The summed E-state index contributed by atoms with van der Waals surface area (Å²) in [5.74, 6) is -0.460. The van der Waals surface area contributed by atoms with Crippen LogP contribution in [0.15, 0.2) is 72.9 Å². The number of fused-ring (bicyclic) bond motifs is 1. The largest absolute Gasteiger partial charge is 0.347 e. The number of nitrogens with zero attached hydrogens (tertiary/aromatic N) is 1. The minimum absolute atomic E-state index is 0.156. The van der Waals surface area contributed by atoms with Crippen molar-refractivity contribution in [1.29, 1.82) is 0 Å². The van der Waals surface area contributed by atoms with Gasteiger partial charge in [-0.1, -0.05) is 42.5 Å². The molecule has 0 aliphatic rings. The van der Waals surface area contributed by atoms with Crippen LogP contribution in [0.2, 0.25) is 0 Å². The van der Waals surface area contributed by atoms with Crippen molar-refractivity contribution in [3.05, 3.63) is 89.2 Å². The van der Waals surface area contributed by atoms with Gasteiger partial charge in [-0.15, -0.1) is 11.3 Å². The van der Waals surface area contributed by atoms with Crippen LogP contribution in [-0.4, -0.2) is 10.9 Å². The number of amides is 1. The smallest absolute Gasteiger partial charge is 0.262 e. The lowest BCUT2D eigenvalue weighted by atomic mass is 10.0. The minimum Gasteiger partial charge on any atom is -0.347 e.